The quantitative estimate of drug-likeness (QED) is 0.490. The van der Waals surface area contributed by atoms with Gasteiger partial charge in [-0.15, -0.1) is 0 Å². The lowest BCUT2D eigenvalue weighted by molar-refractivity contribution is -0.141. The smallest absolute Gasteiger partial charge is 0.407 e. The molecule has 2 aromatic rings. The fourth-order valence-electron chi connectivity index (χ4n) is 2.54. The molecule has 0 aromatic heterocycles. The van der Waals surface area contributed by atoms with Crippen molar-refractivity contribution < 1.29 is 31.7 Å². The molecule has 0 bridgehead atoms. The van der Waals surface area contributed by atoms with E-state index >= 15 is 0 Å². The third-order valence-corrected chi connectivity index (χ3v) is 4.44. The molecule has 1 amide bonds. The van der Waals surface area contributed by atoms with Crippen LogP contribution in [0.1, 0.15) is 23.5 Å². The number of alkyl carbamates (subject to hydrolysis) is 1. The maximum Gasteiger partial charge on any atom is 0.407 e. The molecule has 0 aliphatic carbocycles. The van der Waals surface area contributed by atoms with Crippen molar-refractivity contribution in [2.45, 2.75) is 18.9 Å². The van der Waals surface area contributed by atoms with Crippen LogP contribution in [0.2, 0.25) is 0 Å². The van der Waals surface area contributed by atoms with Gasteiger partial charge in [0.2, 0.25) is 0 Å². The van der Waals surface area contributed by atoms with Crippen LogP contribution in [-0.4, -0.2) is 40.4 Å². The number of rotatable bonds is 9. The average Bonchev–Trinajstić information content (AvgIpc) is 2.69. The van der Waals surface area contributed by atoms with E-state index in [-0.39, 0.29) is 31.2 Å². The maximum atomic E-state index is 12.0. The van der Waals surface area contributed by atoms with E-state index in [9.17, 15) is 18.0 Å². The molecule has 0 radical (unpaired) electrons. The molecule has 2 aromatic carbocycles. The third kappa shape index (κ3) is 8.22. The van der Waals surface area contributed by atoms with E-state index in [1.165, 1.54) is 19.2 Å². The van der Waals surface area contributed by atoms with Crippen LogP contribution in [-0.2, 0) is 31.0 Å². The predicted molar refractivity (Wildman–Crippen MR) is 106 cm³/mol. The molecule has 156 valence electrons. The minimum absolute atomic E-state index is 0.0295. The number of methoxy groups -OCH3 is 1. The number of ether oxygens (including phenoxy) is 2. The monoisotopic (exact) mass is 421 g/mol. The molecule has 2 rings (SSSR count). The van der Waals surface area contributed by atoms with Gasteiger partial charge in [0.15, 0.2) is 0 Å². The first kappa shape index (κ1) is 22.2. The van der Waals surface area contributed by atoms with Gasteiger partial charge in [0.1, 0.15) is 12.4 Å². The second kappa shape index (κ2) is 10.5. The first-order chi connectivity index (χ1) is 13.8. The fraction of sp³-hybridized carbons (Fsp3) is 0.300. The van der Waals surface area contributed by atoms with Crippen LogP contribution < -0.4 is 9.50 Å². The van der Waals surface area contributed by atoms with Crippen molar-refractivity contribution in [3.05, 3.63) is 65.7 Å². The molecule has 8 nitrogen and oxygen atoms in total. The van der Waals surface area contributed by atoms with Crippen LogP contribution in [0.3, 0.4) is 0 Å². The summed E-state index contributed by atoms with van der Waals surface area (Å²) in [5.74, 6) is -0.673. The van der Waals surface area contributed by atoms with Gasteiger partial charge in [0.05, 0.1) is 19.8 Å². The number of nitrogens with one attached hydrogen (secondary N) is 1. The van der Waals surface area contributed by atoms with Gasteiger partial charge >= 0.3 is 22.2 Å². The molecule has 0 heterocycles. The Bertz CT molecular complexity index is 912. The highest BCUT2D eigenvalue weighted by molar-refractivity contribution is 7.86. The van der Waals surface area contributed by atoms with Crippen molar-refractivity contribution in [3.8, 4) is 5.75 Å². The van der Waals surface area contributed by atoms with E-state index in [1.54, 1.807) is 12.1 Å². The number of carbonyl (C=O) groups excluding carboxylic acids is 2. The molecule has 1 N–H and O–H groups in total. The Hall–Kier alpha value is -3.07. The zero-order valence-corrected chi connectivity index (χ0v) is 17.0. The van der Waals surface area contributed by atoms with E-state index < -0.39 is 22.2 Å². The largest absolute Gasteiger partial charge is 0.469 e. The van der Waals surface area contributed by atoms with Gasteiger partial charge < -0.3 is 19.0 Å². The summed E-state index contributed by atoms with van der Waals surface area (Å²) in [6.07, 6.45) is 0.369. The highest BCUT2D eigenvalue weighted by Gasteiger charge is 2.18. The second-order valence-corrected chi connectivity index (χ2v) is 7.85. The summed E-state index contributed by atoms with van der Waals surface area (Å²) in [4.78, 5) is 23.7. The fourth-order valence-corrected chi connectivity index (χ4v) is 3.00. The van der Waals surface area contributed by atoms with Crippen molar-refractivity contribution in [3.63, 3.8) is 0 Å². The minimum atomic E-state index is -3.63. The van der Waals surface area contributed by atoms with E-state index in [2.05, 4.69) is 5.32 Å². The Balaban J connectivity index is 1.98. The Kier molecular flexibility index (Phi) is 8.02. The number of benzene rings is 2. The van der Waals surface area contributed by atoms with Crippen LogP contribution in [0, 0.1) is 0 Å². The van der Waals surface area contributed by atoms with E-state index in [4.69, 9.17) is 13.7 Å². The molecule has 0 aliphatic heterocycles. The van der Waals surface area contributed by atoms with Gasteiger partial charge in [-0.2, -0.15) is 8.42 Å². The van der Waals surface area contributed by atoms with Gasteiger partial charge in [-0.25, -0.2) is 4.79 Å². The lowest BCUT2D eigenvalue weighted by Gasteiger charge is -2.17. The average molecular weight is 421 g/mol. The van der Waals surface area contributed by atoms with Gasteiger partial charge in [-0.05, 0) is 23.3 Å². The lowest BCUT2D eigenvalue weighted by atomic mass is 9.95. The molecular weight excluding hydrogens is 398 g/mol. The summed E-state index contributed by atoms with van der Waals surface area (Å²) >= 11 is 0. The van der Waals surface area contributed by atoms with Crippen LogP contribution in [0.5, 0.6) is 5.75 Å². The SMILES string of the molecule is COC(=O)CC(CNC(=O)OCc1ccccc1)c1ccc(OS(C)(=O)=O)cc1. The number of hydrogen-bond acceptors (Lipinski definition) is 7. The molecule has 9 heteroatoms. The molecule has 0 fully saturated rings. The zero-order valence-electron chi connectivity index (χ0n) is 16.2. The summed E-state index contributed by atoms with van der Waals surface area (Å²) in [5, 5.41) is 2.64. The summed E-state index contributed by atoms with van der Waals surface area (Å²) < 4.78 is 37.1. The van der Waals surface area contributed by atoms with Crippen molar-refractivity contribution in [1.29, 1.82) is 0 Å². The van der Waals surface area contributed by atoms with Gasteiger partial charge in [-0.3, -0.25) is 4.79 Å². The molecule has 1 unspecified atom stereocenters. The Morgan fingerprint density at radius 2 is 1.69 bits per heavy atom. The van der Waals surface area contributed by atoms with Crippen molar-refractivity contribution in [1.82, 2.24) is 5.32 Å². The molecule has 0 saturated carbocycles. The van der Waals surface area contributed by atoms with E-state index in [0.29, 0.717) is 5.56 Å². The van der Waals surface area contributed by atoms with Crippen LogP contribution in [0.25, 0.3) is 0 Å². The third-order valence-electron chi connectivity index (χ3n) is 3.95. The topological polar surface area (TPSA) is 108 Å². The second-order valence-electron chi connectivity index (χ2n) is 6.28. The highest BCUT2D eigenvalue weighted by atomic mass is 32.2. The van der Waals surface area contributed by atoms with Crippen LogP contribution in [0.15, 0.2) is 54.6 Å². The normalized spacial score (nSPS) is 11.9. The summed E-state index contributed by atoms with van der Waals surface area (Å²) in [5.41, 5.74) is 1.56. The van der Waals surface area contributed by atoms with Crippen LogP contribution >= 0.6 is 0 Å². The van der Waals surface area contributed by atoms with Gasteiger partial charge in [-0.1, -0.05) is 42.5 Å². The van der Waals surface area contributed by atoms with E-state index in [0.717, 1.165) is 11.8 Å². The van der Waals surface area contributed by atoms with E-state index in [1.807, 2.05) is 30.3 Å². The highest BCUT2D eigenvalue weighted by Crippen LogP contribution is 2.23. The summed E-state index contributed by atoms with van der Waals surface area (Å²) in [7, 11) is -2.35. The van der Waals surface area contributed by atoms with Crippen molar-refractivity contribution in [2.24, 2.45) is 0 Å². The predicted octanol–water partition coefficient (Wildman–Crippen LogP) is 2.60. The molecule has 1 atom stereocenters. The Morgan fingerprint density at radius 3 is 2.28 bits per heavy atom. The zero-order chi connectivity index (χ0) is 21.3. The van der Waals surface area contributed by atoms with Crippen LogP contribution in [0.4, 0.5) is 4.79 Å². The number of hydrogen-bond donors (Lipinski definition) is 1. The Morgan fingerprint density at radius 1 is 1.03 bits per heavy atom. The lowest BCUT2D eigenvalue weighted by Crippen LogP contribution is -2.30. The standard InChI is InChI=1S/C20H23NO7S/c1-26-19(22)12-17(16-8-10-18(11-9-16)28-29(2,24)25)13-21-20(23)27-14-15-6-4-3-5-7-15/h3-11,17H,12-14H2,1-2H3,(H,21,23). The van der Waals surface area contributed by atoms with Crippen molar-refractivity contribution in [2.75, 3.05) is 19.9 Å². The summed E-state index contributed by atoms with van der Waals surface area (Å²) in [6, 6.07) is 15.5. The van der Waals surface area contributed by atoms with Gasteiger partial charge in [0, 0.05) is 12.5 Å². The first-order valence-corrected chi connectivity index (χ1v) is 10.6. The minimum Gasteiger partial charge on any atom is -0.469 e. The molecule has 0 saturated heterocycles. The van der Waals surface area contributed by atoms with Crippen molar-refractivity contribution >= 4 is 22.2 Å². The number of esters is 1. The number of carbonyl (C=O) groups is 2. The molecule has 0 aliphatic rings. The first-order valence-electron chi connectivity index (χ1n) is 8.77. The summed E-state index contributed by atoms with van der Waals surface area (Å²) in [6.45, 7) is 0.265. The molecule has 0 spiro atoms. The Labute approximate surface area is 169 Å². The maximum absolute atomic E-state index is 12.0. The molecular formula is C20H23NO7S. The molecule has 29 heavy (non-hydrogen) atoms. The van der Waals surface area contributed by atoms with Gasteiger partial charge in [0.25, 0.3) is 0 Å². The number of amides is 1.